The van der Waals surface area contributed by atoms with Crippen molar-refractivity contribution in [1.29, 1.82) is 0 Å². The summed E-state index contributed by atoms with van der Waals surface area (Å²) in [6, 6.07) is 0.296. The van der Waals surface area contributed by atoms with Crippen molar-refractivity contribution in [3.05, 3.63) is 46.9 Å². The second kappa shape index (κ2) is 11.3. The van der Waals surface area contributed by atoms with Crippen molar-refractivity contribution >= 4 is 23.9 Å². The number of nitrogens with zero attached hydrogens (tertiary/aromatic N) is 4. The van der Waals surface area contributed by atoms with Gasteiger partial charge < -0.3 is 24.9 Å². The average molecular weight is 515 g/mol. The highest BCUT2D eigenvalue weighted by atomic mass is 32.2. The fraction of sp³-hybridized carbons (Fsp3) is 0.630. The third-order valence-electron chi connectivity index (χ3n) is 7.39. The van der Waals surface area contributed by atoms with Crippen LogP contribution in [-0.4, -0.2) is 83.4 Å². The van der Waals surface area contributed by atoms with Crippen molar-refractivity contribution in [1.82, 2.24) is 29.6 Å². The van der Waals surface area contributed by atoms with Gasteiger partial charge in [-0.3, -0.25) is 9.52 Å². The molecular weight excluding hydrogens is 472 g/mol. The summed E-state index contributed by atoms with van der Waals surface area (Å²) in [5, 5.41) is 3.26. The topological polar surface area (TPSA) is 71.2 Å². The molecule has 0 bridgehead atoms. The largest absolute Gasteiger partial charge is 0.366 e. The zero-order valence-electron chi connectivity index (χ0n) is 22.3. The first-order valence-corrected chi connectivity index (χ1v) is 14.1. The molecule has 0 atom stereocenters. The van der Waals surface area contributed by atoms with Crippen LogP contribution in [0.2, 0.25) is 0 Å². The summed E-state index contributed by atoms with van der Waals surface area (Å²) >= 11 is 1.62. The van der Waals surface area contributed by atoms with E-state index in [2.05, 4.69) is 41.4 Å². The third kappa shape index (κ3) is 6.29. The molecule has 8 nitrogen and oxygen atoms in total. The minimum atomic E-state index is -0.0322. The van der Waals surface area contributed by atoms with Crippen molar-refractivity contribution in [2.45, 2.75) is 70.4 Å². The van der Waals surface area contributed by atoms with Crippen molar-refractivity contribution in [3.63, 3.8) is 0 Å². The summed E-state index contributed by atoms with van der Waals surface area (Å²) in [6.45, 7) is 11.5. The van der Waals surface area contributed by atoms with Crippen LogP contribution >= 0.6 is 11.9 Å². The van der Waals surface area contributed by atoms with Gasteiger partial charge in [-0.1, -0.05) is 32.4 Å². The van der Waals surface area contributed by atoms with Gasteiger partial charge in [-0.2, -0.15) is 0 Å². The Morgan fingerprint density at radius 1 is 1.19 bits per heavy atom. The Labute approximate surface area is 220 Å². The Kier molecular flexibility index (Phi) is 8.40. The second-order valence-corrected chi connectivity index (χ2v) is 11.6. The molecule has 2 aliphatic carbocycles. The van der Waals surface area contributed by atoms with Gasteiger partial charge >= 0.3 is 6.03 Å². The molecule has 2 aliphatic heterocycles. The Balaban J connectivity index is 1.55. The summed E-state index contributed by atoms with van der Waals surface area (Å²) in [4.78, 5) is 34.7. The first kappa shape index (κ1) is 26.7. The summed E-state index contributed by atoms with van der Waals surface area (Å²) in [5.41, 5.74) is 2.62. The number of hydrogen-bond acceptors (Lipinski definition) is 6. The predicted molar refractivity (Wildman–Crippen MR) is 147 cm³/mol. The van der Waals surface area contributed by atoms with E-state index in [1.54, 1.807) is 30.9 Å². The van der Waals surface area contributed by atoms with E-state index >= 15 is 0 Å². The van der Waals surface area contributed by atoms with Crippen molar-refractivity contribution in [2.24, 2.45) is 0 Å². The maximum absolute atomic E-state index is 13.4. The maximum Gasteiger partial charge on any atom is 0.319 e. The highest BCUT2D eigenvalue weighted by Gasteiger charge is 2.38. The van der Waals surface area contributed by atoms with Gasteiger partial charge in [-0.05, 0) is 57.1 Å². The summed E-state index contributed by atoms with van der Waals surface area (Å²) in [7, 11) is 3.58. The van der Waals surface area contributed by atoms with E-state index in [9.17, 15) is 9.59 Å². The Hall–Kier alpha value is -2.39. The molecule has 1 saturated heterocycles. The highest BCUT2D eigenvalue weighted by molar-refractivity contribution is 8.01. The molecule has 2 heterocycles. The lowest BCUT2D eigenvalue weighted by molar-refractivity contribution is -0.119. The average Bonchev–Trinajstić information content (AvgIpc) is 3.38. The number of hydrogen-bond donors (Lipinski definition) is 2. The maximum atomic E-state index is 13.4. The highest BCUT2D eigenvalue weighted by Crippen LogP contribution is 2.39. The molecule has 2 N–H and O–H groups in total. The smallest absolute Gasteiger partial charge is 0.319 e. The van der Waals surface area contributed by atoms with Crippen molar-refractivity contribution < 1.29 is 9.59 Å². The Morgan fingerprint density at radius 3 is 2.44 bits per heavy atom. The second-order valence-electron chi connectivity index (χ2n) is 10.7. The van der Waals surface area contributed by atoms with Gasteiger partial charge in [0.2, 0.25) is 0 Å². The fourth-order valence-corrected chi connectivity index (χ4v) is 5.74. The normalized spacial score (nSPS) is 22.4. The first-order chi connectivity index (χ1) is 17.2. The molecule has 36 heavy (non-hydrogen) atoms. The van der Waals surface area contributed by atoms with Crippen LogP contribution in [0.15, 0.2) is 46.9 Å². The summed E-state index contributed by atoms with van der Waals surface area (Å²) in [6.07, 6.45) is 13.8. The SMILES string of the molecule is C=C1C(N2CCN(C(=O)N(C)C)CC2)=CC(SNC2(C)CC2)=CN1/C(=C\CC)C(=O)NC1CCCC1. The number of nitrogens with one attached hydrogen (secondary N) is 2. The van der Waals surface area contributed by atoms with Gasteiger partial charge in [-0.15, -0.1) is 0 Å². The molecule has 0 aromatic carbocycles. The molecule has 4 rings (SSSR count). The lowest BCUT2D eigenvalue weighted by Gasteiger charge is -2.41. The number of piperazine rings is 1. The quantitative estimate of drug-likeness (QED) is 0.377. The van der Waals surface area contributed by atoms with Crippen LogP contribution in [0.3, 0.4) is 0 Å². The number of amides is 3. The molecule has 0 radical (unpaired) electrons. The van der Waals surface area contributed by atoms with E-state index < -0.39 is 0 Å². The van der Waals surface area contributed by atoms with E-state index in [0.29, 0.717) is 18.8 Å². The van der Waals surface area contributed by atoms with Gasteiger partial charge in [0.15, 0.2) is 0 Å². The summed E-state index contributed by atoms with van der Waals surface area (Å²) < 4.78 is 3.61. The van der Waals surface area contributed by atoms with Gasteiger partial charge in [-0.25, -0.2) is 4.79 Å². The van der Waals surface area contributed by atoms with Crippen molar-refractivity contribution in [3.8, 4) is 0 Å². The number of urea groups is 1. The molecule has 9 heteroatoms. The monoisotopic (exact) mass is 514 g/mol. The molecule has 0 aromatic rings. The molecule has 0 aromatic heterocycles. The Morgan fingerprint density at radius 2 is 1.86 bits per heavy atom. The zero-order chi connectivity index (χ0) is 25.9. The molecule has 3 amide bonds. The number of allylic oxidation sites excluding steroid dienone is 2. The number of carbonyl (C=O) groups is 2. The number of carbonyl (C=O) groups excluding carboxylic acids is 2. The van der Waals surface area contributed by atoms with E-state index in [1.165, 1.54) is 25.7 Å². The molecule has 3 fully saturated rings. The minimum absolute atomic E-state index is 0.0322. The predicted octanol–water partition coefficient (Wildman–Crippen LogP) is 3.98. The van der Waals surface area contributed by atoms with Crippen LogP contribution in [0.4, 0.5) is 4.79 Å². The van der Waals surface area contributed by atoms with Crippen LogP contribution in [0.1, 0.15) is 58.8 Å². The van der Waals surface area contributed by atoms with Crippen LogP contribution in [0.5, 0.6) is 0 Å². The van der Waals surface area contributed by atoms with E-state index in [-0.39, 0.29) is 23.5 Å². The zero-order valence-corrected chi connectivity index (χ0v) is 23.1. The summed E-state index contributed by atoms with van der Waals surface area (Å²) in [5.74, 6) is -0.0322. The molecule has 0 spiro atoms. The van der Waals surface area contributed by atoms with E-state index in [0.717, 1.165) is 48.7 Å². The van der Waals surface area contributed by atoms with Crippen LogP contribution in [0, 0.1) is 0 Å². The van der Waals surface area contributed by atoms with Gasteiger partial charge in [0.05, 0.1) is 11.4 Å². The fourth-order valence-electron chi connectivity index (χ4n) is 4.84. The van der Waals surface area contributed by atoms with Crippen LogP contribution < -0.4 is 10.0 Å². The Bertz CT molecular complexity index is 953. The van der Waals surface area contributed by atoms with E-state index in [1.807, 2.05) is 22.1 Å². The minimum Gasteiger partial charge on any atom is -0.366 e. The molecule has 198 valence electrons. The lowest BCUT2D eigenvalue weighted by atomic mass is 10.1. The molecule has 0 unspecified atom stereocenters. The third-order valence-corrected chi connectivity index (χ3v) is 8.44. The van der Waals surface area contributed by atoms with Crippen LogP contribution in [-0.2, 0) is 4.79 Å². The molecular formula is C27H42N6O2S. The first-order valence-electron chi connectivity index (χ1n) is 13.3. The lowest BCUT2D eigenvalue weighted by Crippen LogP contribution is -2.51. The molecule has 2 saturated carbocycles. The van der Waals surface area contributed by atoms with Gasteiger partial charge in [0.25, 0.3) is 5.91 Å². The molecule has 4 aliphatic rings. The number of rotatable bonds is 8. The van der Waals surface area contributed by atoms with Crippen LogP contribution in [0.25, 0.3) is 0 Å². The van der Waals surface area contributed by atoms with E-state index in [4.69, 9.17) is 0 Å². The van der Waals surface area contributed by atoms with Gasteiger partial charge in [0, 0.05) is 63.0 Å². The standard InChI is InChI=1S/C27H42N6O2S/c1-6-9-23(25(34)28-21-10-7-8-11-21)33-19-22(36-29-27(3)12-13-27)18-24(20(33)2)31-14-16-32(17-15-31)26(35)30(4)5/h9,18-19,21,29H,2,6-8,10-17H2,1,3-5H3,(H,28,34)/b23-9-. The van der Waals surface area contributed by atoms with Crippen molar-refractivity contribution in [2.75, 3.05) is 40.3 Å². The van der Waals surface area contributed by atoms with Gasteiger partial charge in [0.1, 0.15) is 5.70 Å².